The molecule has 76 valence electrons. The summed E-state index contributed by atoms with van der Waals surface area (Å²) in [4.78, 5) is 2.04. The first kappa shape index (κ1) is 12.5. The third kappa shape index (κ3) is 3.48. The van der Waals surface area contributed by atoms with Gasteiger partial charge in [0.1, 0.15) is 0 Å². The minimum atomic E-state index is 1.05. The average molecular weight is 189 g/mol. The normalized spacial score (nSPS) is 13.1. The highest BCUT2D eigenvalue weighted by Crippen LogP contribution is 2.12. The SMILES string of the molecule is C=C/C(=C\C)N(C)/C(C=C)=C/C=C\C. The summed E-state index contributed by atoms with van der Waals surface area (Å²) < 4.78 is 0. The Morgan fingerprint density at radius 1 is 1.07 bits per heavy atom. The van der Waals surface area contributed by atoms with Crippen LogP contribution in [-0.4, -0.2) is 11.9 Å². The van der Waals surface area contributed by atoms with Gasteiger partial charge in [-0.1, -0.05) is 31.4 Å². The van der Waals surface area contributed by atoms with Gasteiger partial charge in [-0.3, -0.25) is 0 Å². The van der Waals surface area contributed by atoms with Crippen molar-refractivity contribution in [2.75, 3.05) is 7.05 Å². The fourth-order valence-electron chi connectivity index (χ4n) is 1.11. The van der Waals surface area contributed by atoms with E-state index in [0.717, 1.165) is 11.4 Å². The van der Waals surface area contributed by atoms with E-state index in [1.54, 1.807) is 0 Å². The van der Waals surface area contributed by atoms with E-state index in [1.165, 1.54) is 0 Å². The highest BCUT2D eigenvalue weighted by Gasteiger charge is 2.01. The van der Waals surface area contributed by atoms with Crippen molar-refractivity contribution in [3.05, 3.63) is 61.0 Å². The maximum Gasteiger partial charge on any atom is 0.0401 e. The van der Waals surface area contributed by atoms with E-state index in [0.29, 0.717) is 0 Å². The fraction of sp³-hybridized carbons (Fsp3) is 0.231. The van der Waals surface area contributed by atoms with Gasteiger partial charge in [0, 0.05) is 18.4 Å². The van der Waals surface area contributed by atoms with Gasteiger partial charge in [0.25, 0.3) is 0 Å². The first-order chi connectivity index (χ1) is 6.71. The molecule has 0 radical (unpaired) electrons. The topological polar surface area (TPSA) is 3.24 Å². The highest BCUT2D eigenvalue weighted by molar-refractivity contribution is 5.28. The Kier molecular flexibility index (Phi) is 6.21. The molecule has 0 saturated heterocycles. The summed E-state index contributed by atoms with van der Waals surface area (Å²) in [6.07, 6.45) is 11.7. The summed E-state index contributed by atoms with van der Waals surface area (Å²) in [6.45, 7) is 11.5. The molecule has 0 aliphatic heterocycles. The van der Waals surface area contributed by atoms with Crippen molar-refractivity contribution in [3.8, 4) is 0 Å². The first-order valence-corrected chi connectivity index (χ1v) is 4.69. The lowest BCUT2D eigenvalue weighted by Crippen LogP contribution is -2.14. The monoisotopic (exact) mass is 189 g/mol. The number of allylic oxidation sites excluding steroid dienone is 6. The molecule has 0 atom stereocenters. The van der Waals surface area contributed by atoms with Crippen molar-refractivity contribution in [1.29, 1.82) is 0 Å². The molecule has 0 aromatic heterocycles. The molecular weight excluding hydrogens is 170 g/mol. The molecule has 0 unspecified atom stereocenters. The molecule has 1 heteroatoms. The summed E-state index contributed by atoms with van der Waals surface area (Å²) in [7, 11) is 1.99. The minimum Gasteiger partial charge on any atom is -0.345 e. The Morgan fingerprint density at radius 2 is 1.64 bits per heavy atom. The predicted molar refractivity (Wildman–Crippen MR) is 64.8 cm³/mol. The average Bonchev–Trinajstić information content (AvgIpc) is 2.21. The molecule has 0 amide bonds. The van der Waals surface area contributed by atoms with Crippen LogP contribution in [0.1, 0.15) is 13.8 Å². The summed E-state index contributed by atoms with van der Waals surface area (Å²) in [5, 5.41) is 0. The molecule has 0 saturated carbocycles. The Hall–Kier alpha value is -1.50. The molecule has 0 N–H and O–H groups in total. The second kappa shape index (κ2) is 6.96. The second-order valence-electron chi connectivity index (χ2n) is 2.80. The molecule has 0 aliphatic carbocycles. The van der Waals surface area contributed by atoms with E-state index in [-0.39, 0.29) is 0 Å². The minimum absolute atomic E-state index is 1.05. The summed E-state index contributed by atoms with van der Waals surface area (Å²) >= 11 is 0. The molecular formula is C13H19N. The van der Waals surface area contributed by atoms with Crippen LogP contribution in [0.15, 0.2) is 61.0 Å². The molecule has 0 aromatic rings. The molecule has 0 aliphatic rings. The van der Waals surface area contributed by atoms with Gasteiger partial charge in [-0.2, -0.15) is 0 Å². The largest absolute Gasteiger partial charge is 0.345 e. The van der Waals surface area contributed by atoms with E-state index in [2.05, 4.69) is 13.2 Å². The van der Waals surface area contributed by atoms with Gasteiger partial charge in [-0.05, 0) is 32.1 Å². The van der Waals surface area contributed by atoms with Crippen molar-refractivity contribution in [3.63, 3.8) is 0 Å². The first-order valence-electron chi connectivity index (χ1n) is 4.69. The van der Waals surface area contributed by atoms with Crippen LogP contribution < -0.4 is 0 Å². The van der Waals surface area contributed by atoms with Crippen LogP contribution in [0.5, 0.6) is 0 Å². The van der Waals surface area contributed by atoms with Crippen LogP contribution in [0.25, 0.3) is 0 Å². The van der Waals surface area contributed by atoms with Crippen molar-refractivity contribution in [1.82, 2.24) is 4.90 Å². The maximum atomic E-state index is 3.78. The van der Waals surface area contributed by atoms with Crippen LogP contribution in [0, 0.1) is 0 Å². The van der Waals surface area contributed by atoms with Crippen LogP contribution in [0.4, 0.5) is 0 Å². The van der Waals surface area contributed by atoms with Crippen molar-refractivity contribution in [2.45, 2.75) is 13.8 Å². The lowest BCUT2D eigenvalue weighted by Gasteiger charge is -2.20. The summed E-state index contributed by atoms with van der Waals surface area (Å²) in [6, 6.07) is 0. The van der Waals surface area contributed by atoms with Crippen molar-refractivity contribution >= 4 is 0 Å². The van der Waals surface area contributed by atoms with E-state index in [9.17, 15) is 0 Å². The quantitative estimate of drug-likeness (QED) is 0.597. The lowest BCUT2D eigenvalue weighted by atomic mass is 10.3. The van der Waals surface area contributed by atoms with Crippen LogP contribution in [0.2, 0.25) is 0 Å². The number of hydrogen-bond acceptors (Lipinski definition) is 1. The van der Waals surface area contributed by atoms with Crippen LogP contribution in [0.3, 0.4) is 0 Å². The number of likely N-dealkylation sites (N-methyl/N-ethyl adjacent to an activating group) is 1. The molecule has 0 spiro atoms. The third-order valence-corrected chi connectivity index (χ3v) is 1.95. The van der Waals surface area contributed by atoms with Crippen molar-refractivity contribution in [2.24, 2.45) is 0 Å². The second-order valence-corrected chi connectivity index (χ2v) is 2.80. The zero-order valence-corrected chi connectivity index (χ0v) is 9.33. The van der Waals surface area contributed by atoms with Gasteiger partial charge in [0.05, 0.1) is 0 Å². The van der Waals surface area contributed by atoms with Gasteiger partial charge in [0.2, 0.25) is 0 Å². The van der Waals surface area contributed by atoms with Gasteiger partial charge in [0.15, 0.2) is 0 Å². The zero-order chi connectivity index (χ0) is 11.0. The Labute approximate surface area is 87.4 Å². The van der Waals surface area contributed by atoms with Crippen LogP contribution in [-0.2, 0) is 0 Å². The number of nitrogens with zero attached hydrogens (tertiary/aromatic N) is 1. The van der Waals surface area contributed by atoms with E-state index in [4.69, 9.17) is 0 Å². The molecule has 0 aromatic carbocycles. The molecule has 0 fully saturated rings. The molecule has 1 nitrogen and oxygen atoms in total. The summed E-state index contributed by atoms with van der Waals surface area (Å²) in [5.41, 5.74) is 2.12. The number of rotatable bonds is 5. The van der Waals surface area contributed by atoms with Crippen molar-refractivity contribution < 1.29 is 0 Å². The standard InChI is InChI=1S/C13H19N/c1-6-10-11-13(9-4)14(5)12(7-2)8-3/h6-11H,2,4H2,1,3,5H3/b10-6-,12-8+,13-11+. The molecule has 14 heavy (non-hydrogen) atoms. The van der Waals surface area contributed by atoms with Crippen LogP contribution >= 0.6 is 0 Å². The highest BCUT2D eigenvalue weighted by atomic mass is 15.1. The van der Waals surface area contributed by atoms with E-state index in [1.807, 2.05) is 62.3 Å². The van der Waals surface area contributed by atoms with E-state index >= 15 is 0 Å². The van der Waals surface area contributed by atoms with Gasteiger partial charge in [-0.25, -0.2) is 0 Å². The van der Waals surface area contributed by atoms with Gasteiger partial charge < -0.3 is 4.90 Å². The smallest absolute Gasteiger partial charge is 0.0401 e. The van der Waals surface area contributed by atoms with Gasteiger partial charge >= 0.3 is 0 Å². The number of hydrogen-bond donors (Lipinski definition) is 0. The third-order valence-electron chi connectivity index (χ3n) is 1.95. The van der Waals surface area contributed by atoms with E-state index < -0.39 is 0 Å². The molecule has 0 bridgehead atoms. The molecule has 0 rings (SSSR count). The predicted octanol–water partition coefficient (Wildman–Crippen LogP) is 3.65. The Bertz CT molecular complexity index is 280. The summed E-state index contributed by atoms with van der Waals surface area (Å²) in [5.74, 6) is 0. The van der Waals surface area contributed by atoms with Gasteiger partial charge in [-0.15, -0.1) is 0 Å². The molecule has 0 heterocycles. The fourth-order valence-corrected chi connectivity index (χ4v) is 1.11. The lowest BCUT2D eigenvalue weighted by molar-refractivity contribution is 0.553. The zero-order valence-electron chi connectivity index (χ0n) is 9.33. The maximum absolute atomic E-state index is 3.78. The Balaban J connectivity index is 4.86. The Morgan fingerprint density at radius 3 is 2.00 bits per heavy atom.